The maximum atomic E-state index is 11.4. The summed E-state index contributed by atoms with van der Waals surface area (Å²) in [7, 11) is 2.09. The third kappa shape index (κ3) is 4.85. The quantitative estimate of drug-likeness (QED) is 0.794. The molecule has 1 aromatic rings. The van der Waals surface area contributed by atoms with E-state index in [1.165, 1.54) is 5.56 Å². The minimum absolute atomic E-state index is 0.119. The van der Waals surface area contributed by atoms with Gasteiger partial charge in [0.2, 0.25) is 5.91 Å². The maximum absolute atomic E-state index is 11.4. The predicted octanol–water partition coefficient (Wildman–Crippen LogP) is 1.10. The molecule has 0 aliphatic carbocycles. The van der Waals surface area contributed by atoms with Crippen LogP contribution < -0.4 is 11.1 Å². The summed E-state index contributed by atoms with van der Waals surface area (Å²) in [5, 5.41) is 2.82. The van der Waals surface area contributed by atoms with Gasteiger partial charge in [0, 0.05) is 13.1 Å². The van der Waals surface area contributed by atoms with E-state index in [0.717, 1.165) is 18.7 Å². The number of nitrogens with zero attached hydrogens (tertiary/aromatic N) is 1. The van der Waals surface area contributed by atoms with Crippen molar-refractivity contribution in [1.82, 2.24) is 10.2 Å². The topological polar surface area (TPSA) is 58.4 Å². The maximum Gasteiger partial charge on any atom is 0.236 e. The van der Waals surface area contributed by atoms with Crippen LogP contribution in [-0.2, 0) is 17.9 Å². The molecule has 0 aromatic heterocycles. The zero-order chi connectivity index (χ0) is 13.5. The highest BCUT2D eigenvalue weighted by atomic mass is 16.2. The molecule has 1 atom stereocenters. The predicted molar refractivity (Wildman–Crippen MR) is 73.9 cm³/mol. The van der Waals surface area contributed by atoms with Gasteiger partial charge in [-0.15, -0.1) is 0 Å². The molecular formula is C14H23N3O. The van der Waals surface area contributed by atoms with Crippen molar-refractivity contribution in [3.05, 3.63) is 35.4 Å². The molecule has 0 aliphatic heterocycles. The van der Waals surface area contributed by atoms with E-state index in [1.54, 1.807) is 6.92 Å². The largest absolute Gasteiger partial charge is 0.351 e. The van der Waals surface area contributed by atoms with Crippen molar-refractivity contribution in [2.24, 2.45) is 5.73 Å². The molecule has 0 heterocycles. The lowest BCUT2D eigenvalue weighted by atomic mass is 10.1. The van der Waals surface area contributed by atoms with Crippen LogP contribution in [0.5, 0.6) is 0 Å². The van der Waals surface area contributed by atoms with Gasteiger partial charge in [-0.25, -0.2) is 0 Å². The van der Waals surface area contributed by atoms with Gasteiger partial charge in [0.1, 0.15) is 0 Å². The first-order valence-corrected chi connectivity index (χ1v) is 6.32. The molecule has 0 aliphatic rings. The van der Waals surface area contributed by atoms with Crippen LogP contribution in [0.2, 0.25) is 0 Å². The van der Waals surface area contributed by atoms with Gasteiger partial charge in [-0.05, 0) is 31.6 Å². The average Bonchev–Trinajstić information content (AvgIpc) is 2.36. The highest BCUT2D eigenvalue weighted by Gasteiger charge is 2.06. The first kappa shape index (κ1) is 14.7. The first-order chi connectivity index (χ1) is 8.52. The van der Waals surface area contributed by atoms with E-state index in [-0.39, 0.29) is 5.91 Å². The monoisotopic (exact) mass is 249 g/mol. The summed E-state index contributed by atoms with van der Waals surface area (Å²) in [5.74, 6) is -0.119. The van der Waals surface area contributed by atoms with Crippen molar-refractivity contribution in [2.75, 3.05) is 13.6 Å². The molecule has 1 rings (SSSR count). The van der Waals surface area contributed by atoms with Crippen molar-refractivity contribution >= 4 is 5.91 Å². The second-order valence-electron chi connectivity index (χ2n) is 4.66. The molecule has 18 heavy (non-hydrogen) atoms. The van der Waals surface area contributed by atoms with Crippen LogP contribution in [0, 0.1) is 0 Å². The van der Waals surface area contributed by atoms with Crippen LogP contribution in [0.15, 0.2) is 24.3 Å². The number of nitrogens with one attached hydrogen (secondary N) is 1. The van der Waals surface area contributed by atoms with Crippen molar-refractivity contribution in [1.29, 1.82) is 0 Å². The van der Waals surface area contributed by atoms with Crippen LogP contribution in [0.25, 0.3) is 0 Å². The van der Waals surface area contributed by atoms with Gasteiger partial charge in [0.15, 0.2) is 0 Å². The summed E-state index contributed by atoms with van der Waals surface area (Å²) in [6.07, 6.45) is 0. The Morgan fingerprint density at radius 2 is 2.11 bits per heavy atom. The van der Waals surface area contributed by atoms with Crippen LogP contribution in [-0.4, -0.2) is 30.4 Å². The fourth-order valence-corrected chi connectivity index (χ4v) is 1.61. The summed E-state index contributed by atoms with van der Waals surface area (Å²) >= 11 is 0. The number of carbonyl (C=O) groups excluding carboxylic acids is 1. The van der Waals surface area contributed by atoms with E-state index in [2.05, 4.69) is 36.3 Å². The zero-order valence-corrected chi connectivity index (χ0v) is 11.4. The summed E-state index contributed by atoms with van der Waals surface area (Å²) in [6.45, 7) is 6.29. The van der Waals surface area contributed by atoms with Crippen LogP contribution in [0.4, 0.5) is 0 Å². The number of rotatable bonds is 6. The normalized spacial score (nSPS) is 12.5. The molecule has 4 nitrogen and oxygen atoms in total. The lowest BCUT2D eigenvalue weighted by Gasteiger charge is -2.14. The molecule has 0 saturated carbocycles. The van der Waals surface area contributed by atoms with E-state index in [4.69, 9.17) is 5.73 Å². The van der Waals surface area contributed by atoms with E-state index >= 15 is 0 Å². The fourth-order valence-electron chi connectivity index (χ4n) is 1.61. The van der Waals surface area contributed by atoms with Gasteiger partial charge >= 0.3 is 0 Å². The molecule has 4 heteroatoms. The highest BCUT2D eigenvalue weighted by molar-refractivity contribution is 5.80. The van der Waals surface area contributed by atoms with Crippen molar-refractivity contribution in [3.63, 3.8) is 0 Å². The molecule has 0 fully saturated rings. The number of nitrogens with two attached hydrogens (primary N) is 1. The van der Waals surface area contributed by atoms with E-state index in [1.807, 2.05) is 12.1 Å². The Morgan fingerprint density at radius 1 is 1.44 bits per heavy atom. The number of hydrogen-bond acceptors (Lipinski definition) is 3. The molecule has 0 bridgehead atoms. The summed E-state index contributed by atoms with van der Waals surface area (Å²) < 4.78 is 0. The van der Waals surface area contributed by atoms with Gasteiger partial charge in [0.25, 0.3) is 0 Å². The van der Waals surface area contributed by atoms with Crippen LogP contribution in [0.3, 0.4) is 0 Å². The minimum atomic E-state index is -0.459. The summed E-state index contributed by atoms with van der Waals surface area (Å²) in [4.78, 5) is 13.6. The lowest BCUT2D eigenvalue weighted by molar-refractivity contribution is -0.122. The Kier molecular flexibility index (Phi) is 5.82. The van der Waals surface area contributed by atoms with Crippen molar-refractivity contribution < 1.29 is 4.79 Å². The fraction of sp³-hybridized carbons (Fsp3) is 0.500. The highest BCUT2D eigenvalue weighted by Crippen LogP contribution is 2.07. The molecular weight excluding hydrogens is 226 g/mol. The standard InChI is InChI=1S/C14H23N3O/c1-4-17(3)10-13-7-5-6-12(8-13)9-16-14(18)11(2)15/h5-8,11H,4,9-10,15H2,1-3H3,(H,16,18). The van der Waals surface area contributed by atoms with Crippen LogP contribution >= 0.6 is 0 Å². The Hall–Kier alpha value is -1.39. The average molecular weight is 249 g/mol. The third-order valence-corrected chi connectivity index (χ3v) is 2.86. The molecule has 0 saturated heterocycles. The first-order valence-electron chi connectivity index (χ1n) is 6.32. The molecule has 1 amide bonds. The number of amides is 1. The Bertz CT molecular complexity index is 390. The third-order valence-electron chi connectivity index (χ3n) is 2.86. The molecule has 0 radical (unpaired) electrons. The Morgan fingerprint density at radius 3 is 2.72 bits per heavy atom. The summed E-state index contributed by atoms with van der Waals surface area (Å²) in [5.41, 5.74) is 7.85. The van der Waals surface area contributed by atoms with Crippen molar-refractivity contribution in [2.45, 2.75) is 33.0 Å². The van der Waals surface area contributed by atoms with Gasteiger partial charge in [-0.3, -0.25) is 4.79 Å². The Balaban J connectivity index is 2.57. The Labute approximate surface area is 109 Å². The summed E-state index contributed by atoms with van der Waals surface area (Å²) in [6, 6.07) is 7.79. The van der Waals surface area contributed by atoms with Gasteiger partial charge in [-0.1, -0.05) is 31.2 Å². The van der Waals surface area contributed by atoms with E-state index in [9.17, 15) is 4.79 Å². The van der Waals surface area contributed by atoms with Crippen LogP contribution in [0.1, 0.15) is 25.0 Å². The second-order valence-corrected chi connectivity index (χ2v) is 4.66. The zero-order valence-electron chi connectivity index (χ0n) is 11.4. The molecule has 3 N–H and O–H groups in total. The number of hydrogen-bond donors (Lipinski definition) is 2. The smallest absolute Gasteiger partial charge is 0.236 e. The second kappa shape index (κ2) is 7.13. The van der Waals surface area contributed by atoms with E-state index in [0.29, 0.717) is 6.54 Å². The number of benzene rings is 1. The number of carbonyl (C=O) groups is 1. The molecule has 1 aromatic carbocycles. The molecule has 0 spiro atoms. The molecule has 100 valence electrons. The van der Waals surface area contributed by atoms with Gasteiger partial charge in [-0.2, -0.15) is 0 Å². The van der Waals surface area contributed by atoms with Gasteiger partial charge < -0.3 is 16.0 Å². The minimum Gasteiger partial charge on any atom is -0.351 e. The SMILES string of the molecule is CCN(C)Cc1cccc(CNC(=O)C(C)N)c1. The van der Waals surface area contributed by atoms with E-state index < -0.39 is 6.04 Å². The lowest BCUT2D eigenvalue weighted by Crippen LogP contribution is -2.37. The molecule has 1 unspecified atom stereocenters. The van der Waals surface area contributed by atoms with Crippen molar-refractivity contribution in [3.8, 4) is 0 Å². The van der Waals surface area contributed by atoms with Gasteiger partial charge in [0.05, 0.1) is 6.04 Å².